The summed E-state index contributed by atoms with van der Waals surface area (Å²) >= 11 is 0. The maximum absolute atomic E-state index is 13.1. The highest BCUT2D eigenvalue weighted by Crippen LogP contribution is 2.21. The third kappa shape index (κ3) is 6.83. The van der Waals surface area contributed by atoms with E-state index in [0.717, 1.165) is 86.1 Å². The number of pyridine rings is 2. The lowest BCUT2D eigenvalue weighted by atomic mass is 10.1. The quantitative estimate of drug-likeness (QED) is 0.298. The van der Waals surface area contributed by atoms with Gasteiger partial charge in [0.1, 0.15) is 17.1 Å². The van der Waals surface area contributed by atoms with Crippen molar-refractivity contribution in [2.24, 2.45) is 0 Å². The molecule has 2 N–H and O–H groups in total. The fraction of sp³-hybridized carbons (Fsp3) is 0.243. The summed E-state index contributed by atoms with van der Waals surface area (Å²) in [5.41, 5.74) is 7.28. The SMILES string of the molecule is Cc1cccc(-c2cc(=O)n3cc(N4CCNCC4)ccc3n2)c1.O=c1cc(-c2ccc(F)cc2)nc2ccc(N3CCNCC3)cn12. The molecule has 0 atom stereocenters. The third-order valence-corrected chi connectivity index (χ3v) is 8.71. The number of aromatic nitrogens is 4. The van der Waals surface area contributed by atoms with Gasteiger partial charge in [-0.1, -0.05) is 23.8 Å². The molecule has 10 nitrogen and oxygen atoms in total. The largest absolute Gasteiger partial charge is 0.368 e. The van der Waals surface area contributed by atoms with Crippen LogP contribution in [0.15, 0.2) is 107 Å². The molecule has 8 rings (SSSR count). The van der Waals surface area contributed by atoms with Crippen molar-refractivity contribution in [2.75, 3.05) is 62.2 Å². The van der Waals surface area contributed by atoms with Crippen molar-refractivity contribution in [3.05, 3.63) is 129 Å². The summed E-state index contributed by atoms with van der Waals surface area (Å²) < 4.78 is 16.3. The molecule has 244 valence electrons. The zero-order chi connectivity index (χ0) is 33.0. The van der Waals surface area contributed by atoms with Crippen LogP contribution in [0.3, 0.4) is 0 Å². The summed E-state index contributed by atoms with van der Waals surface area (Å²) in [6.45, 7) is 9.60. The highest BCUT2D eigenvalue weighted by molar-refractivity contribution is 5.64. The van der Waals surface area contributed by atoms with E-state index in [0.29, 0.717) is 17.0 Å². The van der Waals surface area contributed by atoms with Crippen molar-refractivity contribution in [1.82, 2.24) is 29.4 Å². The molecule has 2 fully saturated rings. The Bertz CT molecular complexity index is 2190. The molecule has 48 heavy (non-hydrogen) atoms. The predicted octanol–water partition coefficient (Wildman–Crippen LogP) is 3.99. The molecule has 2 saturated heterocycles. The van der Waals surface area contributed by atoms with Gasteiger partial charge in [0.2, 0.25) is 0 Å². The first kappa shape index (κ1) is 31.2. The third-order valence-electron chi connectivity index (χ3n) is 8.71. The van der Waals surface area contributed by atoms with E-state index in [1.165, 1.54) is 18.2 Å². The fourth-order valence-electron chi connectivity index (χ4n) is 6.12. The van der Waals surface area contributed by atoms with Crippen molar-refractivity contribution in [3.63, 3.8) is 0 Å². The maximum Gasteiger partial charge on any atom is 0.258 e. The van der Waals surface area contributed by atoms with Crippen LogP contribution in [0, 0.1) is 12.7 Å². The lowest BCUT2D eigenvalue weighted by molar-refractivity contribution is 0.588. The van der Waals surface area contributed by atoms with Gasteiger partial charge in [-0.15, -0.1) is 0 Å². The lowest BCUT2D eigenvalue weighted by Gasteiger charge is -2.29. The minimum absolute atomic E-state index is 0.0477. The monoisotopic (exact) mass is 644 g/mol. The molecule has 0 amide bonds. The lowest BCUT2D eigenvalue weighted by Crippen LogP contribution is -2.43. The standard InChI is InChI=1S/C19H20N4O.C18H17FN4O/c1-14-3-2-4-15(11-14)17-12-19(24)23-13-16(5-6-18(23)21-17)22-9-7-20-8-10-22;19-14-3-1-13(2-4-14)16-11-18(24)23-12-15(5-6-17(23)21-16)22-9-7-20-8-10-22/h2-6,11-13,20H,7-10H2,1H3;1-6,11-12,20H,7-10H2. The summed E-state index contributed by atoms with van der Waals surface area (Å²) in [5, 5.41) is 6.65. The molecule has 0 bridgehead atoms. The van der Waals surface area contributed by atoms with Gasteiger partial charge >= 0.3 is 0 Å². The van der Waals surface area contributed by atoms with E-state index in [1.54, 1.807) is 27.0 Å². The molecule has 6 aromatic rings. The molecular formula is C37H37FN8O2. The van der Waals surface area contributed by atoms with Gasteiger partial charge in [0.25, 0.3) is 11.1 Å². The first-order valence-electron chi connectivity index (χ1n) is 16.2. The molecule has 2 aromatic carbocycles. The molecule has 11 heteroatoms. The molecule has 6 heterocycles. The Morgan fingerprint density at radius 3 is 1.60 bits per heavy atom. The summed E-state index contributed by atoms with van der Waals surface area (Å²) in [6.07, 6.45) is 3.74. The molecular weight excluding hydrogens is 607 g/mol. The first-order chi connectivity index (χ1) is 23.4. The number of anilines is 2. The van der Waals surface area contributed by atoms with E-state index < -0.39 is 0 Å². The normalized spacial score (nSPS) is 15.0. The van der Waals surface area contributed by atoms with E-state index >= 15 is 0 Å². The van der Waals surface area contributed by atoms with Crippen molar-refractivity contribution >= 4 is 22.7 Å². The number of fused-ring (bicyclic) bond motifs is 2. The van der Waals surface area contributed by atoms with Crippen molar-refractivity contribution < 1.29 is 4.39 Å². The van der Waals surface area contributed by atoms with Gasteiger partial charge in [-0.25, -0.2) is 14.4 Å². The number of hydrogen-bond acceptors (Lipinski definition) is 8. The van der Waals surface area contributed by atoms with Crippen LogP contribution in [0.5, 0.6) is 0 Å². The molecule has 0 saturated carbocycles. The molecule has 2 aliphatic rings. The zero-order valence-electron chi connectivity index (χ0n) is 26.8. The van der Waals surface area contributed by atoms with E-state index in [2.05, 4.69) is 30.4 Å². The number of halogens is 1. The minimum atomic E-state index is -0.308. The highest BCUT2D eigenvalue weighted by Gasteiger charge is 2.14. The fourth-order valence-corrected chi connectivity index (χ4v) is 6.12. The second-order valence-corrected chi connectivity index (χ2v) is 12.0. The number of benzene rings is 2. The van der Waals surface area contributed by atoms with Gasteiger partial charge in [0.15, 0.2) is 0 Å². The summed E-state index contributed by atoms with van der Waals surface area (Å²) in [5.74, 6) is -0.308. The van der Waals surface area contributed by atoms with Crippen LogP contribution in [0.25, 0.3) is 33.8 Å². The van der Waals surface area contributed by atoms with Crippen LogP contribution in [-0.4, -0.2) is 71.1 Å². The van der Waals surface area contributed by atoms with Crippen LogP contribution in [0.1, 0.15) is 5.56 Å². The van der Waals surface area contributed by atoms with Crippen molar-refractivity contribution in [2.45, 2.75) is 6.92 Å². The predicted molar refractivity (Wildman–Crippen MR) is 189 cm³/mol. The van der Waals surface area contributed by atoms with Crippen molar-refractivity contribution in [3.8, 4) is 22.5 Å². The molecule has 0 radical (unpaired) electrons. The number of rotatable bonds is 4. The van der Waals surface area contributed by atoms with Gasteiger partial charge in [0, 0.05) is 88.0 Å². The van der Waals surface area contributed by atoms with Gasteiger partial charge < -0.3 is 20.4 Å². The Kier molecular flexibility index (Phi) is 8.95. The molecule has 4 aromatic heterocycles. The van der Waals surface area contributed by atoms with E-state index in [4.69, 9.17) is 0 Å². The Morgan fingerprint density at radius 2 is 1.10 bits per heavy atom. The number of nitrogens with one attached hydrogen (secondary N) is 2. The Hall–Kier alpha value is -5.39. The zero-order valence-corrected chi connectivity index (χ0v) is 26.8. The van der Waals surface area contributed by atoms with Gasteiger partial charge in [-0.05, 0) is 61.5 Å². The topological polar surface area (TPSA) is 99.3 Å². The average molecular weight is 645 g/mol. The van der Waals surface area contributed by atoms with Crippen molar-refractivity contribution in [1.29, 1.82) is 0 Å². The molecule has 2 aliphatic heterocycles. The summed E-state index contributed by atoms with van der Waals surface area (Å²) in [4.78, 5) is 38.8. The highest BCUT2D eigenvalue weighted by atomic mass is 19.1. The Balaban J connectivity index is 0.000000152. The summed E-state index contributed by atoms with van der Waals surface area (Å²) in [6, 6.07) is 25.0. The Morgan fingerprint density at radius 1 is 0.604 bits per heavy atom. The second-order valence-electron chi connectivity index (χ2n) is 12.0. The Labute approximate surface area is 277 Å². The number of hydrogen-bond donors (Lipinski definition) is 2. The van der Waals surface area contributed by atoms with E-state index in [1.807, 2.05) is 67.8 Å². The van der Waals surface area contributed by atoms with E-state index in [9.17, 15) is 14.0 Å². The van der Waals surface area contributed by atoms with Crippen LogP contribution in [-0.2, 0) is 0 Å². The second kappa shape index (κ2) is 13.8. The van der Waals surface area contributed by atoms with Crippen LogP contribution >= 0.6 is 0 Å². The van der Waals surface area contributed by atoms with Crippen LogP contribution in [0.2, 0.25) is 0 Å². The average Bonchev–Trinajstić information content (AvgIpc) is 3.12. The van der Waals surface area contributed by atoms with Gasteiger partial charge in [-0.3, -0.25) is 18.4 Å². The van der Waals surface area contributed by atoms with Crippen LogP contribution in [0.4, 0.5) is 15.8 Å². The number of piperazine rings is 2. The minimum Gasteiger partial charge on any atom is -0.368 e. The number of aryl methyl sites for hydroxylation is 1. The van der Waals surface area contributed by atoms with E-state index in [-0.39, 0.29) is 16.9 Å². The first-order valence-corrected chi connectivity index (χ1v) is 16.2. The maximum atomic E-state index is 13.1. The molecule has 0 spiro atoms. The molecule has 0 aliphatic carbocycles. The smallest absolute Gasteiger partial charge is 0.258 e. The number of nitrogens with zero attached hydrogens (tertiary/aromatic N) is 6. The summed E-state index contributed by atoms with van der Waals surface area (Å²) in [7, 11) is 0. The molecule has 0 unspecified atom stereocenters. The van der Waals surface area contributed by atoms with Crippen LogP contribution < -0.4 is 31.6 Å². The van der Waals surface area contributed by atoms with Gasteiger partial charge in [-0.2, -0.15) is 0 Å². The van der Waals surface area contributed by atoms with Gasteiger partial charge in [0.05, 0.1) is 22.8 Å².